The molecule has 2 saturated heterocycles. The highest BCUT2D eigenvalue weighted by Crippen LogP contribution is 2.32. The van der Waals surface area contributed by atoms with Gasteiger partial charge in [0.1, 0.15) is 76.8 Å². The summed E-state index contributed by atoms with van der Waals surface area (Å²) >= 11 is 0. The molecule has 2 fully saturated rings. The molecule has 0 aliphatic carbocycles. The second-order valence-corrected chi connectivity index (χ2v) is 32.5. The molecule has 480 valence electrons. The molecule has 2 aliphatic rings. The van der Waals surface area contributed by atoms with Crippen LogP contribution in [0.25, 0.3) is 0 Å². The van der Waals surface area contributed by atoms with Gasteiger partial charge in [-0.2, -0.15) is 0 Å². The minimum absolute atomic E-state index is 0.0113. The second kappa shape index (κ2) is 29.1. The van der Waals surface area contributed by atoms with Gasteiger partial charge in [0.2, 0.25) is 0 Å². The van der Waals surface area contributed by atoms with Crippen LogP contribution in [0.4, 0.5) is 21.2 Å². The summed E-state index contributed by atoms with van der Waals surface area (Å²) in [6.07, 6.45) is 6.12. The lowest BCUT2D eigenvalue weighted by atomic mass is 9.93. The summed E-state index contributed by atoms with van der Waals surface area (Å²) in [7, 11) is -6.65. The molecule has 0 radical (unpaired) electrons. The van der Waals surface area contributed by atoms with E-state index in [1.807, 2.05) is 81.4 Å². The average molecular weight is 1240 g/mol. The Kier molecular flexibility index (Phi) is 23.9. The number of hydrogen-bond acceptors (Lipinski definition) is 18. The number of sulfone groups is 2. The van der Waals surface area contributed by atoms with Crippen LogP contribution in [-0.2, 0) is 53.1 Å². The predicted molar refractivity (Wildman–Crippen MR) is 333 cm³/mol. The van der Waals surface area contributed by atoms with E-state index in [9.17, 15) is 36.0 Å². The van der Waals surface area contributed by atoms with Gasteiger partial charge in [-0.1, -0.05) is 83.1 Å². The van der Waals surface area contributed by atoms with E-state index in [2.05, 4.69) is 20.6 Å². The number of rotatable bonds is 20. The quantitative estimate of drug-likeness (QED) is 0.0832. The summed E-state index contributed by atoms with van der Waals surface area (Å²) < 4.78 is 72.9. The molecular weight excluding hydrogens is 1140 g/mol. The molecule has 0 saturated carbocycles. The van der Waals surface area contributed by atoms with Crippen LogP contribution >= 0.6 is 0 Å². The van der Waals surface area contributed by atoms with Crippen LogP contribution in [0.3, 0.4) is 0 Å². The molecule has 4 atom stereocenters. The lowest BCUT2D eigenvalue weighted by molar-refractivity contribution is 0.00241. The Bertz CT molecular complexity index is 2900. The molecular formula is C62H98N10O12S2. The van der Waals surface area contributed by atoms with Gasteiger partial charge in [0.05, 0.1) is 49.2 Å². The molecule has 24 heteroatoms. The molecule has 4 aromatic heterocycles. The largest absolute Gasteiger partial charge is 0.467 e. The van der Waals surface area contributed by atoms with Crippen molar-refractivity contribution < 1.29 is 54.3 Å². The van der Waals surface area contributed by atoms with Crippen molar-refractivity contribution in [2.24, 2.45) is 23.7 Å². The van der Waals surface area contributed by atoms with Crippen LogP contribution in [0.5, 0.6) is 0 Å². The monoisotopic (exact) mass is 1240 g/mol. The summed E-state index contributed by atoms with van der Waals surface area (Å²) in [6.45, 7) is 36.5. The minimum atomic E-state index is -3.32. The lowest BCUT2D eigenvalue weighted by Gasteiger charge is -2.43. The van der Waals surface area contributed by atoms with Crippen molar-refractivity contribution in [3.05, 3.63) is 83.5 Å². The number of likely N-dealkylation sites (tertiary alicyclic amines) is 2. The van der Waals surface area contributed by atoms with Crippen LogP contribution in [0.2, 0.25) is 0 Å². The van der Waals surface area contributed by atoms with E-state index in [-0.39, 0.29) is 95.5 Å². The highest BCUT2D eigenvalue weighted by atomic mass is 32.2. The number of aromatic nitrogens is 4. The number of carbonyl (C=O) groups is 4. The maximum absolute atomic E-state index is 14.4. The van der Waals surface area contributed by atoms with Crippen LogP contribution in [0.15, 0.2) is 58.0 Å². The highest BCUT2D eigenvalue weighted by molar-refractivity contribution is 7.91. The van der Waals surface area contributed by atoms with Crippen molar-refractivity contribution in [2.45, 2.75) is 185 Å². The topological polar surface area (TPSA) is 270 Å². The SMILES string of the molecule is CCS(=O)(=O)C[C@@H]1CC(N(CC(C)C)C(=O)c2cnc(C(C)(C)C)nc2NCc2ccco2)CN(C(=O)OC(C)(C)C)C1.CCS(=O)(=O)C[C@H]1CC(N(CC(C)C)C(=O)c2cnc(C(C)(C)C)nc2NCc2ccco2)CN(C(=O)OC(C)(C)C)C1. The fraction of sp³-hybridized carbons (Fsp3) is 0.677. The zero-order chi connectivity index (χ0) is 64.3. The van der Waals surface area contributed by atoms with Gasteiger partial charge in [-0.05, 0) is 102 Å². The first-order chi connectivity index (χ1) is 39.8. The summed E-state index contributed by atoms with van der Waals surface area (Å²) in [5.74, 6) is 2.14. The van der Waals surface area contributed by atoms with Gasteiger partial charge < -0.3 is 48.5 Å². The van der Waals surface area contributed by atoms with E-state index in [0.29, 0.717) is 85.0 Å². The second-order valence-electron chi connectivity index (χ2n) is 27.7. The van der Waals surface area contributed by atoms with Crippen molar-refractivity contribution in [1.82, 2.24) is 39.5 Å². The Hall–Kier alpha value is -6.30. The van der Waals surface area contributed by atoms with E-state index in [1.165, 1.54) is 0 Å². The van der Waals surface area contributed by atoms with Crippen LogP contribution < -0.4 is 10.6 Å². The van der Waals surface area contributed by atoms with Crippen LogP contribution in [0.1, 0.15) is 181 Å². The fourth-order valence-corrected chi connectivity index (χ4v) is 12.5. The van der Waals surface area contributed by atoms with Crippen LogP contribution in [-0.4, -0.2) is 166 Å². The van der Waals surface area contributed by atoms with Gasteiger partial charge in [0, 0.05) is 74.0 Å². The molecule has 6 rings (SSSR count). The molecule has 4 aromatic rings. The molecule has 2 N–H and O–H groups in total. The molecule has 0 bridgehead atoms. The van der Waals surface area contributed by atoms with Crippen molar-refractivity contribution >= 4 is 55.3 Å². The Labute approximate surface area is 511 Å². The Morgan fingerprint density at radius 1 is 0.593 bits per heavy atom. The Morgan fingerprint density at radius 3 is 1.22 bits per heavy atom. The smallest absolute Gasteiger partial charge is 0.410 e. The average Bonchev–Trinajstić information content (AvgIpc) is 3.30. The number of furan rings is 2. The number of nitrogens with one attached hydrogen (secondary N) is 2. The van der Waals surface area contributed by atoms with Gasteiger partial charge in [-0.3, -0.25) is 9.59 Å². The van der Waals surface area contributed by atoms with Crippen molar-refractivity contribution in [2.75, 3.05) is 72.9 Å². The third kappa shape index (κ3) is 21.5. The Balaban J connectivity index is 0.000000314. The zero-order valence-electron chi connectivity index (χ0n) is 54.3. The van der Waals surface area contributed by atoms with Crippen molar-refractivity contribution in [1.29, 1.82) is 0 Å². The number of nitrogens with zero attached hydrogens (tertiary/aromatic N) is 8. The number of carbonyl (C=O) groups excluding carboxylic acids is 4. The maximum Gasteiger partial charge on any atom is 0.410 e. The molecule has 4 amide bonds. The number of ether oxygens (including phenoxy) is 2. The summed E-state index contributed by atoms with van der Waals surface area (Å²) in [6, 6.07) is 6.39. The minimum Gasteiger partial charge on any atom is -0.467 e. The van der Waals surface area contributed by atoms with E-state index in [0.717, 1.165) is 0 Å². The van der Waals surface area contributed by atoms with E-state index < -0.39 is 55.1 Å². The zero-order valence-corrected chi connectivity index (χ0v) is 55.9. The molecule has 0 aromatic carbocycles. The molecule has 86 heavy (non-hydrogen) atoms. The van der Waals surface area contributed by atoms with Gasteiger partial charge in [0.25, 0.3) is 11.8 Å². The first-order valence-electron chi connectivity index (χ1n) is 30.0. The first-order valence-corrected chi connectivity index (χ1v) is 33.7. The third-order valence-corrected chi connectivity index (χ3v) is 17.8. The maximum atomic E-state index is 14.4. The van der Waals surface area contributed by atoms with E-state index in [4.69, 9.17) is 28.3 Å². The van der Waals surface area contributed by atoms with E-state index >= 15 is 0 Å². The predicted octanol–water partition coefficient (Wildman–Crippen LogP) is 10.3. The van der Waals surface area contributed by atoms with Gasteiger partial charge in [-0.15, -0.1) is 0 Å². The number of piperidine rings is 2. The molecule has 2 aliphatic heterocycles. The number of anilines is 2. The van der Waals surface area contributed by atoms with Crippen LogP contribution in [0, 0.1) is 23.7 Å². The van der Waals surface area contributed by atoms with Crippen molar-refractivity contribution in [3.63, 3.8) is 0 Å². The molecule has 22 nitrogen and oxygen atoms in total. The third-order valence-electron chi connectivity index (χ3n) is 14.1. The summed E-state index contributed by atoms with van der Waals surface area (Å²) in [5.41, 5.74) is -1.54. The van der Waals surface area contributed by atoms with Crippen molar-refractivity contribution in [3.8, 4) is 0 Å². The summed E-state index contributed by atoms with van der Waals surface area (Å²) in [5, 5.41) is 6.53. The standard InChI is InChI=1S/2C31H49N5O6S/c2*1-10-43(39,40)20-22-14-23(19-35(18-22)29(38)42-31(7,8)9)36(17-21(2)3)27(37)25-16-33-28(30(4,5)6)34-26(25)32-15-24-12-11-13-41-24/h2*11-13,16,21-23H,10,14-15,17-20H2,1-9H3,(H,32,33,34)/t2*22-,23?/m10/s1. The number of amides is 4. The number of hydrogen-bond donors (Lipinski definition) is 2. The normalized spacial score (nSPS) is 18.0. The van der Waals surface area contributed by atoms with Gasteiger partial charge in [0.15, 0.2) is 0 Å². The molecule has 0 spiro atoms. The fourth-order valence-electron chi connectivity index (χ4n) is 10.1. The summed E-state index contributed by atoms with van der Waals surface area (Å²) in [4.78, 5) is 80.5. The molecule has 2 unspecified atom stereocenters. The first kappa shape index (κ1) is 70.5. The molecule has 6 heterocycles. The van der Waals surface area contributed by atoms with Gasteiger partial charge in [-0.25, -0.2) is 46.4 Å². The van der Waals surface area contributed by atoms with E-state index in [1.54, 1.807) is 112 Å². The Morgan fingerprint density at radius 2 is 0.942 bits per heavy atom. The van der Waals surface area contributed by atoms with Gasteiger partial charge >= 0.3 is 12.2 Å². The lowest BCUT2D eigenvalue weighted by Crippen LogP contribution is -2.56. The highest BCUT2D eigenvalue weighted by Gasteiger charge is 2.42.